The number of nitrogens with one attached hydrogen (secondary N) is 1. The van der Waals surface area contributed by atoms with Crippen LogP contribution in [0.5, 0.6) is 0 Å². The minimum Gasteiger partial charge on any atom is -0.479 e. The Kier molecular flexibility index (Phi) is 4.70. The number of hydrogen-bond donors (Lipinski definition) is 4. The van der Waals surface area contributed by atoms with E-state index in [1.54, 1.807) is 0 Å². The van der Waals surface area contributed by atoms with Crippen molar-refractivity contribution in [2.24, 2.45) is 11.7 Å². The average Bonchev–Trinajstić information content (AvgIpc) is 2.64. The fourth-order valence-corrected chi connectivity index (χ4v) is 1.85. The minimum absolute atomic E-state index is 0.0276. The summed E-state index contributed by atoms with van der Waals surface area (Å²) in [4.78, 5) is 21.8. The highest BCUT2D eigenvalue weighted by atomic mass is 16.4. The van der Waals surface area contributed by atoms with Crippen molar-refractivity contribution in [2.75, 3.05) is 6.54 Å². The number of hydrogen-bond acceptors (Lipinski definition) is 4. The molecule has 1 aliphatic rings. The van der Waals surface area contributed by atoms with E-state index in [1.807, 2.05) is 0 Å². The largest absolute Gasteiger partial charge is 0.479 e. The molecule has 1 fully saturated rings. The van der Waals surface area contributed by atoms with Crippen LogP contribution in [0.15, 0.2) is 0 Å². The first-order valence-corrected chi connectivity index (χ1v) is 5.45. The lowest BCUT2D eigenvalue weighted by molar-refractivity contribution is -0.147. The smallest absolute Gasteiger partial charge is 0.332 e. The van der Waals surface area contributed by atoms with Gasteiger partial charge in [0.2, 0.25) is 5.91 Å². The summed E-state index contributed by atoms with van der Waals surface area (Å²) >= 11 is 0. The van der Waals surface area contributed by atoms with Gasteiger partial charge in [-0.05, 0) is 19.3 Å². The molecule has 0 bridgehead atoms. The Morgan fingerprint density at radius 1 is 1.44 bits per heavy atom. The summed E-state index contributed by atoms with van der Waals surface area (Å²) in [7, 11) is 0. The lowest BCUT2D eigenvalue weighted by Gasteiger charge is -2.11. The molecule has 1 aliphatic carbocycles. The number of nitrogens with two attached hydrogens (primary N) is 1. The Bertz CT molecular complexity index is 270. The van der Waals surface area contributed by atoms with Crippen molar-refractivity contribution in [2.45, 2.75) is 37.8 Å². The molecule has 0 aromatic rings. The van der Waals surface area contributed by atoms with E-state index >= 15 is 0 Å². The molecule has 0 aromatic carbocycles. The molecule has 3 atom stereocenters. The van der Waals surface area contributed by atoms with Gasteiger partial charge in [0, 0.05) is 24.9 Å². The van der Waals surface area contributed by atoms with Crippen LogP contribution in [0.2, 0.25) is 0 Å². The summed E-state index contributed by atoms with van der Waals surface area (Å²) in [5.41, 5.74) is 5.68. The molecule has 2 unspecified atom stereocenters. The van der Waals surface area contributed by atoms with Crippen molar-refractivity contribution >= 4 is 11.9 Å². The first-order valence-electron chi connectivity index (χ1n) is 5.45. The van der Waals surface area contributed by atoms with E-state index in [0.29, 0.717) is 6.42 Å². The molecule has 16 heavy (non-hydrogen) atoms. The number of carboxylic acid groups (broad SMARTS) is 1. The van der Waals surface area contributed by atoms with Gasteiger partial charge in [0.25, 0.3) is 0 Å². The van der Waals surface area contributed by atoms with Gasteiger partial charge in [-0.25, -0.2) is 4.79 Å². The zero-order valence-corrected chi connectivity index (χ0v) is 9.06. The minimum atomic E-state index is -1.41. The number of aliphatic hydroxyl groups is 1. The van der Waals surface area contributed by atoms with Crippen LogP contribution in [0.1, 0.15) is 25.7 Å². The fourth-order valence-electron chi connectivity index (χ4n) is 1.85. The van der Waals surface area contributed by atoms with Gasteiger partial charge in [-0.1, -0.05) is 0 Å². The van der Waals surface area contributed by atoms with E-state index in [0.717, 1.165) is 12.8 Å². The van der Waals surface area contributed by atoms with Gasteiger partial charge in [0.05, 0.1) is 0 Å². The molecule has 1 saturated carbocycles. The number of carboxylic acids is 1. The first kappa shape index (κ1) is 12.9. The van der Waals surface area contributed by atoms with E-state index in [4.69, 9.17) is 15.9 Å². The molecule has 1 amide bonds. The fraction of sp³-hybridized carbons (Fsp3) is 0.800. The Morgan fingerprint density at radius 3 is 2.62 bits per heavy atom. The third-order valence-corrected chi connectivity index (χ3v) is 2.85. The van der Waals surface area contributed by atoms with Gasteiger partial charge < -0.3 is 21.3 Å². The van der Waals surface area contributed by atoms with Gasteiger partial charge >= 0.3 is 5.97 Å². The summed E-state index contributed by atoms with van der Waals surface area (Å²) in [5.74, 6) is -1.42. The van der Waals surface area contributed by atoms with Crippen LogP contribution < -0.4 is 11.1 Å². The van der Waals surface area contributed by atoms with Crippen LogP contribution in [-0.4, -0.2) is 40.8 Å². The van der Waals surface area contributed by atoms with E-state index in [9.17, 15) is 9.59 Å². The van der Waals surface area contributed by atoms with Crippen molar-refractivity contribution in [3.05, 3.63) is 0 Å². The Hall–Kier alpha value is -1.14. The van der Waals surface area contributed by atoms with Crippen molar-refractivity contribution < 1.29 is 19.8 Å². The van der Waals surface area contributed by atoms with Crippen LogP contribution in [0.25, 0.3) is 0 Å². The SMILES string of the molecule is NC1CCC(C(=O)NCC[C@H](O)C(=O)O)C1. The van der Waals surface area contributed by atoms with E-state index in [-0.39, 0.29) is 30.8 Å². The molecule has 6 nitrogen and oxygen atoms in total. The first-order chi connectivity index (χ1) is 7.50. The van der Waals surface area contributed by atoms with Gasteiger partial charge in [-0.2, -0.15) is 0 Å². The lowest BCUT2D eigenvalue weighted by atomic mass is 10.1. The standard InChI is InChI=1S/C10H18N2O4/c11-7-2-1-6(5-7)9(14)12-4-3-8(13)10(15)16/h6-8,13H,1-5,11H2,(H,12,14)(H,15,16)/t6?,7?,8-/m0/s1. The van der Waals surface area contributed by atoms with Crippen LogP contribution in [0.4, 0.5) is 0 Å². The second-order valence-corrected chi connectivity index (χ2v) is 4.20. The predicted octanol–water partition coefficient (Wildman–Crippen LogP) is -0.934. The van der Waals surface area contributed by atoms with E-state index < -0.39 is 12.1 Å². The highest BCUT2D eigenvalue weighted by molar-refractivity contribution is 5.79. The number of aliphatic hydroxyl groups excluding tert-OH is 1. The molecule has 6 heteroatoms. The summed E-state index contributed by atoms with van der Waals surface area (Å²) < 4.78 is 0. The van der Waals surface area contributed by atoms with Crippen molar-refractivity contribution in [3.63, 3.8) is 0 Å². The molecule has 92 valence electrons. The summed E-state index contributed by atoms with van der Waals surface area (Å²) in [6.45, 7) is 0.179. The second-order valence-electron chi connectivity index (χ2n) is 4.20. The van der Waals surface area contributed by atoms with Crippen molar-refractivity contribution in [3.8, 4) is 0 Å². The number of amides is 1. The summed E-state index contributed by atoms with van der Waals surface area (Å²) in [6.07, 6.45) is 0.948. The number of carbonyl (C=O) groups excluding carboxylic acids is 1. The number of carbonyl (C=O) groups is 2. The lowest BCUT2D eigenvalue weighted by Crippen LogP contribution is -2.34. The Labute approximate surface area is 93.8 Å². The molecule has 0 spiro atoms. The molecule has 0 aliphatic heterocycles. The molecule has 5 N–H and O–H groups in total. The molecular formula is C10H18N2O4. The zero-order valence-electron chi connectivity index (χ0n) is 9.06. The van der Waals surface area contributed by atoms with Crippen molar-refractivity contribution in [1.82, 2.24) is 5.32 Å². The molecule has 1 rings (SSSR count). The van der Waals surface area contributed by atoms with Gasteiger partial charge in [0.15, 0.2) is 6.10 Å². The number of aliphatic carboxylic acids is 1. The molecular weight excluding hydrogens is 212 g/mol. The third kappa shape index (κ3) is 3.79. The van der Waals surface area contributed by atoms with Crippen LogP contribution >= 0.6 is 0 Å². The Balaban J connectivity index is 2.18. The van der Waals surface area contributed by atoms with Crippen LogP contribution in [0.3, 0.4) is 0 Å². The highest BCUT2D eigenvalue weighted by Gasteiger charge is 2.27. The summed E-state index contributed by atoms with van der Waals surface area (Å²) in [6, 6.07) is 0.0976. The maximum Gasteiger partial charge on any atom is 0.332 e. The molecule has 0 saturated heterocycles. The maximum atomic E-state index is 11.5. The van der Waals surface area contributed by atoms with Gasteiger partial charge in [0.1, 0.15) is 0 Å². The highest BCUT2D eigenvalue weighted by Crippen LogP contribution is 2.23. The average molecular weight is 230 g/mol. The maximum absolute atomic E-state index is 11.5. The normalized spacial score (nSPS) is 26.4. The van der Waals surface area contributed by atoms with Gasteiger partial charge in [-0.3, -0.25) is 4.79 Å². The summed E-state index contributed by atoms with van der Waals surface area (Å²) in [5, 5.41) is 20.0. The monoisotopic (exact) mass is 230 g/mol. The molecule has 0 heterocycles. The Morgan fingerprint density at radius 2 is 2.12 bits per heavy atom. The van der Waals surface area contributed by atoms with Crippen LogP contribution in [-0.2, 0) is 9.59 Å². The van der Waals surface area contributed by atoms with Gasteiger partial charge in [-0.15, -0.1) is 0 Å². The van der Waals surface area contributed by atoms with Crippen LogP contribution in [0, 0.1) is 5.92 Å². The van der Waals surface area contributed by atoms with E-state index in [1.165, 1.54) is 0 Å². The number of rotatable bonds is 5. The third-order valence-electron chi connectivity index (χ3n) is 2.85. The van der Waals surface area contributed by atoms with Crippen molar-refractivity contribution in [1.29, 1.82) is 0 Å². The topological polar surface area (TPSA) is 113 Å². The molecule has 0 aromatic heterocycles. The zero-order chi connectivity index (χ0) is 12.1. The predicted molar refractivity (Wildman–Crippen MR) is 56.6 cm³/mol. The van der Waals surface area contributed by atoms with E-state index in [2.05, 4.69) is 5.32 Å². The quantitative estimate of drug-likeness (QED) is 0.487. The molecule has 0 radical (unpaired) electrons. The second kappa shape index (κ2) is 5.81.